The Morgan fingerprint density at radius 2 is 2.27 bits per heavy atom. The summed E-state index contributed by atoms with van der Waals surface area (Å²) in [5.74, 6) is -1.44. The highest BCUT2D eigenvalue weighted by Gasteiger charge is 2.21. The van der Waals surface area contributed by atoms with Crippen molar-refractivity contribution in [1.29, 1.82) is 5.26 Å². The van der Waals surface area contributed by atoms with Crippen molar-refractivity contribution in [3.8, 4) is 6.07 Å². The number of carboxylic acids is 1. The van der Waals surface area contributed by atoms with Crippen molar-refractivity contribution < 1.29 is 18.7 Å². The molecule has 0 aliphatic rings. The summed E-state index contributed by atoms with van der Waals surface area (Å²) in [6, 6.07) is 2.20. The Morgan fingerprint density at radius 1 is 1.67 bits per heavy atom. The van der Waals surface area contributed by atoms with Crippen molar-refractivity contribution in [2.75, 3.05) is 0 Å². The smallest absolute Gasteiger partial charge is 0.354 e. The van der Waals surface area contributed by atoms with Gasteiger partial charge < -0.3 is 5.11 Å². The van der Waals surface area contributed by atoms with Gasteiger partial charge in [-0.25, -0.2) is 18.6 Å². The first kappa shape index (κ1) is 11.3. The number of hydrogen-bond acceptors (Lipinski definition) is 3. The lowest BCUT2D eigenvalue weighted by atomic mass is 10.1. The molecule has 0 radical (unpaired) electrons. The van der Waals surface area contributed by atoms with E-state index in [0.717, 1.165) is 6.07 Å². The Hall–Kier alpha value is -1.74. The van der Waals surface area contributed by atoms with E-state index in [1.54, 1.807) is 0 Å². The molecule has 1 heterocycles. The van der Waals surface area contributed by atoms with E-state index in [4.69, 9.17) is 22.0 Å². The van der Waals surface area contributed by atoms with E-state index in [-0.39, 0.29) is 0 Å². The molecule has 1 rings (SSSR count). The van der Waals surface area contributed by atoms with Crippen molar-refractivity contribution >= 4 is 17.6 Å². The fourth-order valence-corrected chi connectivity index (χ4v) is 1.21. The molecular formula is C8H3ClF2N2O2. The van der Waals surface area contributed by atoms with Gasteiger partial charge in [-0.1, -0.05) is 11.6 Å². The maximum Gasteiger partial charge on any atom is 0.354 e. The molecule has 78 valence electrons. The Labute approximate surface area is 87.7 Å². The number of aromatic nitrogens is 1. The summed E-state index contributed by atoms with van der Waals surface area (Å²) >= 11 is 5.35. The Morgan fingerprint density at radius 3 is 2.67 bits per heavy atom. The lowest BCUT2D eigenvalue weighted by molar-refractivity contribution is 0.0689. The van der Waals surface area contributed by atoms with Crippen LogP contribution in [0.3, 0.4) is 0 Å². The first-order valence-electron chi connectivity index (χ1n) is 3.59. The van der Waals surface area contributed by atoms with Crippen LogP contribution >= 0.6 is 11.6 Å². The van der Waals surface area contributed by atoms with Gasteiger partial charge in [0.25, 0.3) is 6.43 Å². The van der Waals surface area contributed by atoms with Crippen molar-refractivity contribution in [1.82, 2.24) is 4.98 Å². The van der Waals surface area contributed by atoms with Crippen LogP contribution in [0.4, 0.5) is 8.78 Å². The maximum atomic E-state index is 12.4. The van der Waals surface area contributed by atoms with Crippen LogP contribution in [0.1, 0.15) is 28.0 Å². The average molecular weight is 233 g/mol. The lowest BCUT2D eigenvalue weighted by Gasteiger charge is -2.05. The minimum atomic E-state index is -2.97. The second kappa shape index (κ2) is 4.19. The minimum Gasteiger partial charge on any atom is -0.477 e. The zero-order valence-electron chi connectivity index (χ0n) is 7.04. The number of halogens is 3. The van der Waals surface area contributed by atoms with Gasteiger partial charge in [0.05, 0.1) is 17.2 Å². The molecule has 0 amide bonds. The lowest BCUT2D eigenvalue weighted by Crippen LogP contribution is -2.04. The van der Waals surface area contributed by atoms with Gasteiger partial charge in [0.15, 0.2) is 5.69 Å². The summed E-state index contributed by atoms with van der Waals surface area (Å²) in [4.78, 5) is 13.7. The second-order valence-corrected chi connectivity index (χ2v) is 2.84. The zero-order valence-corrected chi connectivity index (χ0v) is 7.79. The third kappa shape index (κ3) is 2.19. The van der Waals surface area contributed by atoms with Crippen LogP contribution < -0.4 is 0 Å². The molecule has 1 N–H and O–H groups in total. The van der Waals surface area contributed by atoms with Gasteiger partial charge in [-0.15, -0.1) is 0 Å². The molecule has 0 fully saturated rings. The third-order valence-electron chi connectivity index (χ3n) is 1.57. The van der Waals surface area contributed by atoms with Crippen LogP contribution in [0.15, 0.2) is 6.07 Å². The van der Waals surface area contributed by atoms with Crippen LogP contribution in [-0.4, -0.2) is 16.1 Å². The Bertz CT molecular complexity index is 457. The monoisotopic (exact) mass is 232 g/mol. The molecule has 15 heavy (non-hydrogen) atoms. The normalized spacial score (nSPS) is 10.1. The van der Waals surface area contributed by atoms with Crippen LogP contribution in [-0.2, 0) is 0 Å². The number of carboxylic acid groups (broad SMARTS) is 1. The predicted octanol–water partition coefficient (Wildman–Crippen LogP) is 2.24. The molecule has 0 bridgehead atoms. The van der Waals surface area contributed by atoms with Crippen LogP contribution in [0.25, 0.3) is 0 Å². The summed E-state index contributed by atoms with van der Waals surface area (Å²) in [6.45, 7) is 0. The van der Waals surface area contributed by atoms with E-state index >= 15 is 0 Å². The summed E-state index contributed by atoms with van der Waals surface area (Å²) in [5, 5.41) is 16.4. The highest BCUT2D eigenvalue weighted by atomic mass is 35.5. The Kier molecular flexibility index (Phi) is 3.17. The molecule has 0 aromatic carbocycles. The molecule has 0 unspecified atom stereocenters. The highest BCUT2D eigenvalue weighted by molar-refractivity contribution is 6.30. The van der Waals surface area contributed by atoms with Gasteiger partial charge >= 0.3 is 5.97 Å². The first-order valence-corrected chi connectivity index (χ1v) is 3.97. The van der Waals surface area contributed by atoms with Crippen molar-refractivity contribution in [3.63, 3.8) is 0 Å². The molecule has 0 aliphatic carbocycles. The number of aromatic carboxylic acids is 1. The molecule has 0 saturated heterocycles. The van der Waals surface area contributed by atoms with Crippen LogP contribution in [0, 0.1) is 11.3 Å². The van der Waals surface area contributed by atoms with E-state index in [9.17, 15) is 13.6 Å². The van der Waals surface area contributed by atoms with Gasteiger partial charge in [-0.2, -0.15) is 5.26 Å². The zero-order chi connectivity index (χ0) is 11.6. The van der Waals surface area contributed by atoms with Gasteiger partial charge in [0, 0.05) is 0 Å². The number of alkyl halides is 2. The summed E-state index contributed by atoms with van der Waals surface area (Å²) in [7, 11) is 0. The number of rotatable bonds is 2. The quantitative estimate of drug-likeness (QED) is 0.794. The number of carbonyl (C=O) groups is 1. The summed E-state index contributed by atoms with van der Waals surface area (Å²) in [5.41, 5.74) is -1.77. The van der Waals surface area contributed by atoms with E-state index < -0.39 is 34.4 Å². The second-order valence-electron chi connectivity index (χ2n) is 2.48. The summed E-state index contributed by atoms with van der Waals surface area (Å²) in [6.07, 6.45) is -2.97. The maximum absolute atomic E-state index is 12.4. The van der Waals surface area contributed by atoms with Gasteiger partial charge in [-0.05, 0) is 6.07 Å². The van der Waals surface area contributed by atoms with Crippen molar-refractivity contribution in [3.05, 3.63) is 28.0 Å². The topological polar surface area (TPSA) is 74.0 Å². The number of pyridine rings is 1. The third-order valence-corrected chi connectivity index (χ3v) is 1.86. The van der Waals surface area contributed by atoms with E-state index in [1.165, 1.54) is 6.07 Å². The SMILES string of the molecule is N#Cc1cc(C(=O)O)nc(Cl)c1C(F)F. The molecule has 1 aromatic heterocycles. The minimum absolute atomic E-state index is 0.484. The van der Waals surface area contributed by atoms with Gasteiger partial charge in [0.2, 0.25) is 0 Å². The molecule has 0 atom stereocenters. The standard InChI is InChI=1S/C8H3ClF2N2O2/c9-6-5(7(10)11)3(2-12)1-4(13-6)8(14)15/h1,7H,(H,14,15). The first-order chi connectivity index (χ1) is 6.97. The Balaban J connectivity index is 3.46. The van der Waals surface area contributed by atoms with Crippen molar-refractivity contribution in [2.24, 2.45) is 0 Å². The fraction of sp³-hybridized carbons (Fsp3) is 0.125. The molecular weight excluding hydrogens is 230 g/mol. The van der Waals surface area contributed by atoms with E-state index in [1.807, 2.05) is 0 Å². The van der Waals surface area contributed by atoms with Crippen LogP contribution in [0.5, 0.6) is 0 Å². The molecule has 7 heteroatoms. The van der Waals surface area contributed by atoms with Gasteiger partial charge in [-0.3, -0.25) is 0 Å². The highest BCUT2D eigenvalue weighted by Crippen LogP contribution is 2.29. The van der Waals surface area contributed by atoms with E-state index in [2.05, 4.69) is 4.98 Å². The predicted molar refractivity (Wildman–Crippen MR) is 45.9 cm³/mol. The fourth-order valence-electron chi connectivity index (χ4n) is 0.933. The summed E-state index contributed by atoms with van der Waals surface area (Å²) < 4.78 is 24.8. The molecule has 0 aliphatic heterocycles. The molecule has 4 nitrogen and oxygen atoms in total. The van der Waals surface area contributed by atoms with E-state index in [0.29, 0.717) is 0 Å². The van der Waals surface area contributed by atoms with Crippen molar-refractivity contribution in [2.45, 2.75) is 6.43 Å². The number of nitrogens with zero attached hydrogens (tertiary/aromatic N) is 2. The number of nitriles is 1. The van der Waals surface area contributed by atoms with Crippen LogP contribution in [0.2, 0.25) is 5.15 Å². The number of hydrogen-bond donors (Lipinski definition) is 1. The molecule has 0 spiro atoms. The van der Waals surface area contributed by atoms with Gasteiger partial charge in [0.1, 0.15) is 5.15 Å². The molecule has 0 saturated carbocycles. The largest absolute Gasteiger partial charge is 0.477 e. The average Bonchev–Trinajstić information content (AvgIpc) is 2.15. The molecule has 1 aromatic rings.